The van der Waals surface area contributed by atoms with E-state index < -0.39 is 0 Å². The first-order valence-corrected chi connectivity index (χ1v) is 4.71. The second-order valence-corrected chi connectivity index (χ2v) is 4.55. The number of hydrogen-bond donors (Lipinski definition) is 0. The second kappa shape index (κ2) is 3.60. The SMILES string of the molecule is COc1c(C)cc(F)cc1C(C)(C)C. The minimum Gasteiger partial charge on any atom is -0.496 e. The highest BCUT2D eigenvalue weighted by atomic mass is 19.1. The molecule has 0 atom stereocenters. The van der Waals surface area contributed by atoms with E-state index in [0.29, 0.717) is 0 Å². The Morgan fingerprint density at radius 3 is 2.21 bits per heavy atom. The van der Waals surface area contributed by atoms with Crippen molar-refractivity contribution in [3.05, 3.63) is 29.1 Å². The lowest BCUT2D eigenvalue weighted by atomic mass is 9.85. The number of methoxy groups -OCH3 is 1. The maximum atomic E-state index is 13.2. The van der Waals surface area contributed by atoms with Crippen LogP contribution >= 0.6 is 0 Å². The Morgan fingerprint density at radius 1 is 1.21 bits per heavy atom. The average molecular weight is 196 g/mol. The lowest BCUT2D eigenvalue weighted by Gasteiger charge is -2.23. The predicted octanol–water partition coefficient (Wildman–Crippen LogP) is 3.44. The maximum absolute atomic E-state index is 13.2. The van der Waals surface area contributed by atoms with Crippen LogP contribution < -0.4 is 4.74 Å². The Hall–Kier alpha value is -1.05. The molecule has 2 heteroatoms. The van der Waals surface area contributed by atoms with Gasteiger partial charge in [-0.1, -0.05) is 20.8 Å². The van der Waals surface area contributed by atoms with Gasteiger partial charge in [0.05, 0.1) is 7.11 Å². The Labute approximate surface area is 84.9 Å². The normalized spacial score (nSPS) is 11.6. The Morgan fingerprint density at radius 2 is 1.79 bits per heavy atom. The molecule has 0 unspecified atom stereocenters. The zero-order valence-electron chi connectivity index (χ0n) is 9.44. The van der Waals surface area contributed by atoms with E-state index in [-0.39, 0.29) is 11.2 Å². The second-order valence-electron chi connectivity index (χ2n) is 4.55. The van der Waals surface area contributed by atoms with Crippen molar-refractivity contribution < 1.29 is 9.13 Å². The van der Waals surface area contributed by atoms with Gasteiger partial charge in [0.15, 0.2) is 0 Å². The van der Waals surface area contributed by atoms with Crippen LogP contribution in [0.15, 0.2) is 12.1 Å². The maximum Gasteiger partial charge on any atom is 0.125 e. The summed E-state index contributed by atoms with van der Waals surface area (Å²) in [4.78, 5) is 0. The van der Waals surface area contributed by atoms with Crippen LogP contribution in [0.1, 0.15) is 31.9 Å². The summed E-state index contributed by atoms with van der Waals surface area (Å²) in [6.45, 7) is 7.99. The van der Waals surface area contributed by atoms with Crippen LogP contribution in [0.4, 0.5) is 4.39 Å². The number of hydrogen-bond acceptors (Lipinski definition) is 1. The van der Waals surface area contributed by atoms with Gasteiger partial charge in [0, 0.05) is 5.56 Å². The van der Waals surface area contributed by atoms with Crippen LogP contribution in [0.5, 0.6) is 5.75 Å². The molecule has 0 spiro atoms. The zero-order valence-corrected chi connectivity index (χ0v) is 9.44. The van der Waals surface area contributed by atoms with Crippen molar-refractivity contribution in [3.63, 3.8) is 0 Å². The molecule has 0 N–H and O–H groups in total. The van der Waals surface area contributed by atoms with Gasteiger partial charge < -0.3 is 4.74 Å². The molecule has 1 aromatic carbocycles. The molecule has 0 bridgehead atoms. The van der Waals surface area contributed by atoms with E-state index >= 15 is 0 Å². The Balaban J connectivity index is 3.40. The van der Waals surface area contributed by atoms with Gasteiger partial charge in [-0.15, -0.1) is 0 Å². The molecule has 1 aromatic rings. The molecule has 14 heavy (non-hydrogen) atoms. The monoisotopic (exact) mass is 196 g/mol. The predicted molar refractivity (Wildman–Crippen MR) is 56.4 cm³/mol. The summed E-state index contributed by atoms with van der Waals surface area (Å²) >= 11 is 0. The highest BCUT2D eigenvalue weighted by Crippen LogP contribution is 2.34. The summed E-state index contributed by atoms with van der Waals surface area (Å²) < 4.78 is 18.5. The van der Waals surface area contributed by atoms with Gasteiger partial charge in [0.2, 0.25) is 0 Å². The third kappa shape index (κ3) is 2.06. The van der Waals surface area contributed by atoms with Crippen LogP contribution in [0.2, 0.25) is 0 Å². The third-order valence-corrected chi connectivity index (χ3v) is 2.25. The lowest BCUT2D eigenvalue weighted by Crippen LogP contribution is -2.14. The molecule has 1 rings (SSSR count). The van der Waals surface area contributed by atoms with Crippen molar-refractivity contribution in [1.29, 1.82) is 0 Å². The van der Waals surface area contributed by atoms with Gasteiger partial charge in [-0.3, -0.25) is 0 Å². The quantitative estimate of drug-likeness (QED) is 0.668. The van der Waals surface area contributed by atoms with E-state index in [4.69, 9.17) is 4.74 Å². The van der Waals surface area contributed by atoms with Crippen molar-refractivity contribution in [3.8, 4) is 5.75 Å². The molecule has 0 amide bonds. The van der Waals surface area contributed by atoms with Gasteiger partial charge in [0.1, 0.15) is 11.6 Å². The average Bonchev–Trinajstić information content (AvgIpc) is 2.01. The minimum absolute atomic E-state index is 0.0990. The fourth-order valence-electron chi connectivity index (χ4n) is 1.56. The largest absolute Gasteiger partial charge is 0.496 e. The molecule has 0 fully saturated rings. The van der Waals surface area contributed by atoms with Crippen molar-refractivity contribution in [2.45, 2.75) is 33.1 Å². The molecule has 0 saturated heterocycles. The van der Waals surface area contributed by atoms with Gasteiger partial charge in [0.25, 0.3) is 0 Å². The van der Waals surface area contributed by atoms with E-state index in [2.05, 4.69) is 0 Å². The van der Waals surface area contributed by atoms with Gasteiger partial charge >= 0.3 is 0 Å². The van der Waals surface area contributed by atoms with E-state index in [0.717, 1.165) is 16.9 Å². The summed E-state index contributed by atoms with van der Waals surface area (Å²) in [7, 11) is 1.62. The van der Waals surface area contributed by atoms with Gasteiger partial charge in [-0.05, 0) is 30.0 Å². The van der Waals surface area contributed by atoms with E-state index in [1.807, 2.05) is 27.7 Å². The lowest BCUT2D eigenvalue weighted by molar-refractivity contribution is 0.392. The Kier molecular flexibility index (Phi) is 2.84. The number of benzene rings is 1. The first-order valence-electron chi connectivity index (χ1n) is 4.71. The van der Waals surface area contributed by atoms with Crippen molar-refractivity contribution >= 4 is 0 Å². The molecule has 0 radical (unpaired) electrons. The molecule has 1 nitrogen and oxygen atoms in total. The molecule has 78 valence electrons. The summed E-state index contributed by atoms with van der Waals surface area (Å²) in [5.41, 5.74) is 1.66. The zero-order chi connectivity index (χ0) is 10.9. The van der Waals surface area contributed by atoms with Gasteiger partial charge in [-0.2, -0.15) is 0 Å². The Bertz CT molecular complexity index is 337. The first-order chi connectivity index (χ1) is 6.36. The molecule has 0 heterocycles. The van der Waals surface area contributed by atoms with Crippen molar-refractivity contribution in [1.82, 2.24) is 0 Å². The summed E-state index contributed by atoms with van der Waals surface area (Å²) in [5.74, 6) is 0.590. The van der Waals surface area contributed by atoms with Crippen LogP contribution in [0, 0.1) is 12.7 Å². The summed E-state index contributed by atoms with van der Waals surface area (Å²) in [5, 5.41) is 0. The number of ether oxygens (including phenoxy) is 1. The molecule has 0 saturated carbocycles. The molecule has 0 aromatic heterocycles. The van der Waals surface area contributed by atoms with E-state index in [1.54, 1.807) is 13.2 Å². The summed E-state index contributed by atoms with van der Waals surface area (Å²) in [6.07, 6.45) is 0. The topological polar surface area (TPSA) is 9.23 Å². The molecule has 0 aliphatic rings. The smallest absolute Gasteiger partial charge is 0.125 e. The number of halogens is 1. The van der Waals surface area contributed by atoms with Gasteiger partial charge in [-0.25, -0.2) is 4.39 Å². The van der Waals surface area contributed by atoms with Crippen LogP contribution in [-0.2, 0) is 5.41 Å². The van der Waals surface area contributed by atoms with E-state index in [9.17, 15) is 4.39 Å². The van der Waals surface area contributed by atoms with Crippen molar-refractivity contribution in [2.75, 3.05) is 7.11 Å². The third-order valence-electron chi connectivity index (χ3n) is 2.25. The fourth-order valence-corrected chi connectivity index (χ4v) is 1.56. The number of aryl methyl sites for hydroxylation is 1. The molecule has 0 aliphatic heterocycles. The molecular weight excluding hydrogens is 179 g/mol. The van der Waals surface area contributed by atoms with E-state index in [1.165, 1.54) is 6.07 Å². The molecule has 0 aliphatic carbocycles. The molecular formula is C12H17FO. The van der Waals surface area contributed by atoms with Crippen LogP contribution in [0.3, 0.4) is 0 Å². The standard InChI is InChI=1S/C12H17FO/c1-8-6-9(13)7-10(11(8)14-5)12(2,3)4/h6-7H,1-5H3. The van der Waals surface area contributed by atoms with Crippen molar-refractivity contribution in [2.24, 2.45) is 0 Å². The highest BCUT2D eigenvalue weighted by molar-refractivity contribution is 5.44. The highest BCUT2D eigenvalue weighted by Gasteiger charge is 2.21. The van der Waals surface area contributed by atoms with Crippen LogP contribution in [0.25, 0.3) is 0 Å². The number of rotatable bonds is 1. The minimum atomic E-state index is -0.201. The fraction of sp³-hybridized carbons (Fsp3) is 0.500. The van der Waals surface area contributed by atoms with Crippen LogP contribution in [-0.4, -0.2) is 7.11 Å². The first kappa shape index (κ1) is 11.0. The summed E-state index contributed by atoms with van der Waals surface area (Å²) in [6, 6.07) is 3.04.